The predicted molar refractivity (Wildman–Crippen MR) is 97.9 cm³/mol. The molecule has 3 aromatic rings. The van der Waals surface area contributed by atoms with Gasteiger partial charge in [0.15, 0.2) is 0 Å². The Hall–Kier alpha value is -2.52. The van der Waals surface area contributed by atoms with E-state index in [9.17, 15) is 0 Å². The summed E-state index contributed by atoms with van der Waals surface area (Å²) >= 11 is 0. The van der Waals surface area contributed by atoms with Gasteiger partial charge in [0.2, 0.25) is 0 Å². The molecule has 0 unspecified atom stereocenters. The third-order valence-corrected chi connectivity index (χ3v) is 4.37. The Morgan fingerprint density at radius 2 is 1.82 bits per heavy atom. The van der Waals surface area contributed by atoms with Gasteiger partial charge >= 0.3 is 0 Å². The van der Waals surface area contributed by atoms with Crippen LogP contribution in [0.15, 0.2) is 49.1 Å². The number of allylic oxidation sites excluding steroid dienone is 1. The summed E-state index contributed by atoms with van der Waals surface area (Å²) in [5.41, 5.74) is 2.80. The molecule has 3 rings (SSSR count). The molecule has 0 aliphatic rings. The number of hydrogen-bond acceptors (Lipinski definition) is 0. The van der Waals surface area contributed by atoms with Crippen LogP contribution in [-0.2, 0) is 12.8 Å². The van der Waals surface area contributed by atoms with Crippen molar-refractivity contribution in [1.82, 2.24) is 0 Å². The fourth-order valence-electron chi connectivity index (χ4n) is 3.50. The van der Waals surface area contributed by atoms with E-state index in [0.717, 1.165) is 19.3 Å². The van der Waals surface area contributed by atoms with Gasteiger partial charge in [0.25, 0.3) is 0 Å². The van der Waals surface area contributed by atoms with Gasteiger partial charge in [0.1, 0.15) is 0 Å². The van der Waals surface area contributed by atoms with E-state index in [-0.39, 0.29) is 0 Å². The van der Waals surface area contributed by atoms with Crippen LogP contribution in [0.3, 0.4) is 0 Å². The molecule has 0 aliphatic heterocycles. The van der Waals surface area contributed by atoms with Crippen LogP contribution in [0.2, 0.25) is 0 Å². The van der Waals surface area contributed by atoms with Crippen LogP contribution < -0.4 is 5.22 Å². The number of rotatable bonds is 4. The van der Waals surface area contributed by atoms with Crippen molar-refractivity contribution in [2.75, 3.05) is 0 Å². The maximum atomic E-state index is 5.51. The highest BCUT2D eigenvalue weighted by Gasteiger charge is 2.12. The van der Waals surface area contributed by atoms with Crippen LogP contribution >= 0.6 is 0 Å². The fourth-order valence-corrected chi connectivity index (χ4v) is 3.50. The molecule has 0 aromatic heterocycles. The van der Waals surface area contributed by atoms with E-state index in [1.54, 1.807) is 0 Å². The highest BCUT2D eigenvalue weighted by atomic mass is 14.2. The first kappa shape index (κ1) is 14.4. The molecule has 0 heteroatoms. The summed E-state index contributed by atoms with van der Waals surface area (Å²) in [6, 6.07) is 13.1. The molecule has 0 atom stereocenters. The number of benzene rings is 3. The highest BCUT2D eigenvalue weighted by Crippen LogP contribution is 2.30. The molecule has 0 N–H and O–H groups in total. The summed E-state index contributed by atoms with van der Waals surface area (Å²) in [7, 11) is 0. The Morgan fingerprint density at radius 3 is 2.45 bits per heavy atom. The van der Waals surface area contributed by atoms with E-state index >= 15 is 0 Å². The normalized spacial score (nSPS) is 11.9. The first-order valence-corrected chi connectivity index (χ1v) is 7.82. The second-order valence-electron chi connectivity index (χ2n) is 5.54. The van der Waals surface area contributed by atoms with E-state index < -0.39 is 0 Å². The van der Waals surface area contributed by atoms with Gasteiger partial charge in [-0.25, -0.2) is 0 Å². The standard InChI is InChI=1S/C22H20/c1-4-7-13-19-17(6-3)18(10-5-2)20-14-8-11-16-12-9-15-21(19)22(16)20/h1,5,8-12,14-15H,2,6-7,13H2,3H3/b18-10+. The van der Waals surface area contributed by atoms with Crippen molar-refractivity contribution in [3.8, 4) is 12.3 Å². The van der Waals surface area contributed by atoms with Crippen LogP contribution in [0.25, 0.3) is 27.6 Å². The summed E-state index contributed by atoms with van der Waals surface area (Å²) in [5, 5.41) is 6.60. The van der Waals surface area contributed by atoms with E-state index in [0.29, 0.717) is 0 Å². The maximum absolute atomic E-state index is 5.51. The first-order valence-electron chi connectivity index (χ1n) is 7.82. The average molecular weight is 284 g/mol. The minimum Gasteiger partial charge on any atom is -0.120 e. The van der Waals surface area contributed by atoms with Crippen molar-refractivity contribution < 1.29 is 0 Å². The lowest BCUT2D eigenvalue weighted by molar-refractivity contribution is 0.987. The Morgan fingerprint density at radius 1 is 1.09 bits per heavy atom. The van der Waals surface area contributed by atoms with E-state index in [1.165, 1.54) is 37.9 Å². The molecule has 0 amide bonds. The summed E-state index contributed by atoms with van der Waals surface area (Å²) < 4.78 is 0. The number of terminal acetylenes is 1. The molecule has 0 fully saturated rings. The number of hydrogen-bond donors (Lipinski definition) is 0. The summed E-state index contributed by atoms with van der Waals surface area (Å²) in [6.45, 7) is 6.12. The first-order chi connectivity index (χ1) is 10.8. The van der Waals surface area contributed by atoms with Gasteiger partial charge in [0.05, 0.1) is 0 Å². The molecule has 0 spiro atoms. The minimum atomic E-state index is 0.777. The Kier molecular flexibility index (Phi) is 3.98. The molecule has 22 heavy (non-hydrogen) atoms. The lowest BCUT2D eigenvalue weighted by Crippen LogP contribution is -2.14. The Balaban J connectivity index is 2.56. The van der Waals surface area contributed by atoms with Crippen LogP contribution in [0, 0.1) is 12.3 Å². The lowest BCUT2D eigenvalue weighted by Gasteiger charge is -2.16. The molecule has 0 heterocycles. The quantitative estimate of drug-likeness (QED) is 0.603. The zero-order valence-electron chi connectivity index (χ0n) is 13.0. The topological polar surface area (TPSA) is 0 Å². The summed E-state index contributed by atoms with van der Waals surface area (Å²) in [4.78, 5) is 0. The van der Waals surface area contributed by atoms with Crippen molar-refractivity contribution in [3.63, 3.8) is 0 Å². The van der Waals surface area contributed by atoms with Gasteiger partial charge in [0, 0.05) is 6.42 Å². The third kappa shape index (κ3) is 2.20. The molecule has 3 aromatic carbocycles. The van der Waals surface area contributed by atoms with E-state index in [2.05, 4.69) is 61.9 Å². The second kappa shape index (κ2) is 6.08. The summed E-state index contributed by atoms with van der Waals surface area (Å²) in [5.74, 6) is 2.79. The van der Waals surface area contributed by atoms with Gasteiger partial charge in [-0.2, -0.15) is 0 Å². The van der Waals surface area contributed by atoms with Gasteiger partial charge in [-0.1, -0.05) is 62.1 Å². The van der Waals surface area contributed by atoms with E-state index in [4.69, 9.17) is 6.42 Å². The van der Waals surface area contributed by atoms with E-state index in [1.807, 2.05) is 6.08 Å². The van der Waals surface area contributed by atoms with Crippen molar-refractivity contribution in [1.29, 1.82) is 0 Å². The van der Waals surface area contributed by atoms with Gasteiger partial charge in [-0.3, -0.25) is 0 Å². The largest absolute Gasteiger partial charge is 0.120 e. The molecule has 0 saturated carbocycles. The molecule has 0 radical (unpaired) electrons. The highest BCUT2D eigenvalue weighted by molar-refractivity contribution is 6.12. The van der Waals surface area contributed by atoms with Crippen molar-refractivity contribution >= 4 is 27.6 Å². The zero-order chi connectivity index (χ0) is 15.5. The molecule has 0 saturated heterocycles. The maximum Gasteiger partial charge on any atom is 0.0127 e. The minimum absolute atomic E-state index is 0.777. The Bertz CT molecular complexity index is 930. The lowest BCUT2D eigenvalue weighted by atomic mass is 9.88. The van der Waals surface area contributed by atoms with Gasteiger partial charge in [-0.15, -0.1) is 12.3 Å². The SMILES string of the molecule is C#CCCc1c(CC)/c(=C\C=C)c2cccc3cccc1c32. The monoisotopic (exact) mass is 284 g/mol. The third-order valence-electron chi connectivity index (χ3n) is 4.37. The van der Waals surface area contributed by atoms with Crippen LogP contribution in [-0.4, -0.2) is 0 Å². The second-order valence-corrected chi connectivity index (χ2v) is 5.54. The molecular weight excluding hydrogens is 264 g/mol. The van der Waals surface area contributed by atoms with Crippen LogP contribution in [0.1, 0.15) is 24.5 Å². The Labute approximate surface area is 132 Å². The molecular formula is C22H20. The molecule has 0 nitrogen and oxygen atoms in total. The molecule has 108 valence electrons. The smallest absolute Gasteiger partial charge is 0.0127 e. The van der Waals surface area contributed by atoms with Gasteiger partial charge in [-0.05, 0) is 50.7 Å². The van der Waals surface area contributed by atoms with Crippen LogP contribution in [0.4, 0.5) is 0 Å². The average Bonchev–Trinajstić information content (AvgIpc) is 2.56. The van der Waals surface area contributed by atoms with Crippen molar-refractivity contribution in [2.45, 2.75) is 26.2 Å². The number of aryl methyl sites for hydroxylation is 1. The van der Waals surface area contributed by atoms with Crippen molar-refractivity contribution in [3.05, 3.63) is 65.4 Å². The van der Waals surface area contributed by atoms with Crippen molar-refractivity contribution in [2.24, 2.45) is 0 Å². The fraction of sp³-hybridized carbons (Fsp3) is 0.182. The van der Waals surface area contributed by atoms with Crippen LogP contribution in [0.5, 0.6) is 0 Å². The van der Waals surface area contributed by atoms with Gasteiger partial charge < -0.3 is 0 Å². The molecule has 0 aliphatic carbocycles. The predicted octanol–water partition coefficient (Wildman–Crippen LogP) is 4.81. The molecule has 0 bridgehead atoms. The zero-order valence-corrected chi connectivity index (χ0v) is 13.0. The summed E-state index contributed by atoms with van der Waals surface area (Å²) in [6.07, 6.45) is 12.3.